The van der Waals surface area contributed by atoms with Crippen molar-refractivity contribution in [2.24, 2.45) is 0 Å². The van der Waals surface area contributed by atoms with E-state index in [1.165, 1.54) is 38.5 Å². The summed E-state index contributed by atoms with van der Waals surface area (Å²) in [5.41, 5.74) is 3.35. The molecule has 0 aliphatic heterocycles. The second kappa shape index (κ2) is 7.28. The first kappa shape index (κ1) is 18.5. The molecule has 0 heterocycles. The molecule has 0 aromatic heterocycles. The fraction of sp³-hybridized carbons (Fsp3) is 0.385. The van der Waals surface area contributed by atoms with Gasteiger partial charge in [0.25, 0.3) is 0 Å². The Labute approximate surface area is 164 Å². The van der Waals surface area contributed by atoms with Crippen molar-refractivity contribution in [2.45, 2.75) is 65.5 Å². The number of fused-ring (bicyclic) bond motifs is 2. The first-order valence-corrected chi connectivity index (χ1v) is 13.7. The Balaban J connectivity index is 1.93. The Bertz CT molecular complexity index is 1030. The van der Waals surface area contributed by atoms with Crippen molar-refractivity contribution in [2.75, 3.05) is 0 Å². The minimum absolute atomic E-state index is 1.21. The third-order valence-electron chi connectivity index (χ3n) is 6.66. The van der Waals surface area contributed by atoms with Gasteiger partial charge in [0.2, 0.25) is 0 Å². The van der Waals surface area contributed by atoms with Gasteiger partial charge in [0, 0.05) is 0 Å². The summed E-state index contributed by atoms with van der Waals surface area (Å²) >= 11 is 0. The van der Waals surface area contributed by atoms with Crippen molar-refractivity contribution in [1.82, 2.24) is 0 Å². The van der Waals surface area contributed by atoms with E-state index >= 15 is 0 Å². The van der Waals surface area contributed by atoms with Crippen LogP contribution < -0.4 is 20.9 Å². The lowest BCUT2D eigenvalue weighted by Crippen LogP contribution is -2.40. The van der Waals surface area contributed by atoms with E-state index in [0.717, 1.165) is 0 Å². The first-order chi connectivity index (χ1) is 13.1. The molecule has 0 radical (unpaired) electrons. The van der Waals surface area contributed by atoms with E-state index in [0.29, 0.717) is 0 Å². The third-order valence-corrected chi connectivity index (χ3v) is 10.6. The van der Waals surface area contributed by atoms with Crippen molar-refractivity contribution < 1.29 is 0 Å². The monoisotopic (exact) mass is 372 g/mol. The molecule has 0 N–H and O–H groups in total. The molecule has 0 bridgehead atoms. The molecular formula is C26H32Si. The molecule has 2 aromatic carbocycles. The van der Waals surface area contributed by atoms with Crippen LogP contribution in [0.3, 0.4) is 0 Å². The lowest BCUT2D eigenvalue weighted by atomic mass is 10.1. The van der Waals surface area contributed by atoms with Gasteiger partial charge in [-0.3, -0.25) is 0 Å². The topological polar surface area (TPSA) is 0 Å². The maximum Gasteiger partial charge on any atom is 0.105 e. The number of benzene rings is 2. The quantitative estimate of drug-likeness (QED) is 0.667. The minimum Gasteiger partial charge on any atom is -0.0651 e. The normalized spacial score (nSPS) is 16.1. The average molecular weight is 373 g/mol. The summed E-state index contributed by atoms with van der Waals surface area (Å²) < 4.78 is 0. The van der Waals surface area contributed by atoms with Gasteiger partial charge in [-0.05, 0) is 46.6 Å². The van der Waals surface area contributed by atoms with Gasteiger partial charge >= 0.3 is 0 Å². The summed E-state index contributed by atoms with van der Waals surface area (Å²) in [6, 6.07) is 18.4. The van der Waals surface area contributed by atoms with Crippen LogP contribution in [0, 0.1) is 0 Å². The number of rotatable bonds is 6. The molecule has 0 saturated carbocycles. The van der Waals surface area contributed by atoms with Crippen molar-refractivity contribution in [1.29, 1.82) is 0 Å². The van der Waals surface area contributed by atoms with Crippen LogP contribution in [-0.4, -0.2) is 8.07 Å². The predicted octanol–water partition coefficient (Wildman–Crippen LogP) is 4.18. The molecule has 140 valence electrons. The molecule has 0 unspecified atom stereocenters. The maximum atomic E-state index is 2.61. The van der Waals surface area contributed by atoms with Gasteiger partial charge in [-0.25, -0.2) is 0 Å². The smallest absolute Gasteiger partial charge is 0.0651 e. The lowest BCUT2D eigenvalue weighted by Gasteiger charge is -2.28. The van der Waals surface area contributed by atoms with Gasteiger partial charge in [-0.2, -0.15) is 0 Å². The molecule has 0 nitrogen and oxygen atoms in total. The molecule has 1 heteroatoms. The highest BCUT2D eigenvalue weighted by atomic mass is 28.3. The molecule has 4 rings (SSSR count). The molecule has 2 aromatic rings. The van der Waals surface area contributed by atoms with Crippen LogP contribution >= 0.6 is 0 Å². The van der Waals surface area contributed by atoms with E-state index in [1.54, 1.807) is 42.4 Å². The zero-order valence-electron chi connectivity index (χ0n) is 17.4. The molecule has 0 fully saturated rings. The second-order valence-electron chi connectivity index (χ2n) is 8.73. The number of hydrogen-bond acceptors (Lipinski definition) is 0. The fourth-order valence-corrected chi connectivity index (χ4v) is 8.72. The zero-order valence-corrected chi connectivity index (χ0v) is 18.4. The van der Waals surface area contributed by atoms with E-state index in [4.69, 9.17) is 0 Å². The van der Waals surface area contributed by atoms with Crippen LogP contribution in [0.1, 0.15) is 52.4 Å². The Morgan fingerprint density at radius 3 is 1.37 bits per heavy atom. The molecule has 2 aliphatic rings. The van der Waals surface area contributed by atoms with Gasteiger partial charge in [0.1, 0.15) is 8.07 Å². The summed E-state index contributed by atoms with van der Waals surface area (Å²) in [5, 5.41) is 9.74. The highest BCUT2D eigenvalue weighted by Crippen LogP contribution is 2.36. The Hall–Kier alpha value is -1.86. The van der Waals surface area contributed by atoms with Crippen LogP contribution in [-0.2, 0) is 0 Å². The second-order valence-corrected chi connectivity index (χ2v) is 13.2. The van der Waals surface area contributed by atoms with Gasteiger partial charge in [0.05, 0.1) is 0 Å². The standard InChI is InChI=1S/C26H32Si/c1-5-11-19-17-25(23-15-9-7-13-21(19)23)27(3,4)26-18-20(12-6-2)22-14-8-10-16-24(22)26/h7-10,13-16H,5-6,11-12,17-18H2,1-4H3. The summed E-state index contributed by atoms with van der Waals surface area (Å²) in [4.78, 5) is 0. The van der Waals surface area contributed by atoms with E-state index < -0.39 is 8.07 Å². The summed E-state index contributed by atoms with van der Waals surface area (Å²) in [5.74, 6) is 0. The van der Waals surface area contributed by atoms with E-state index in [9.17, 15) is 0 Å². The van der Waals surface area contributed by atoms with Crippen molar-refractivity contribution in [3.05, 3.63) is 69.4 Å². The third kappa shape index (κ3) is 3.06. The SMILES string of the molecule is CCCC1=c2ccccc2=C([Si](C)(C)C2=c3ccccc3=C(CCC)C2)C1. The van der Waals surface area contributed by atoms with Gasteiger partial charge in [-0.15, -0.1) is 0 Å². The molecule has 0 amide bonds. The largest absolute Gasteiger partial charge is 0.105 e. The highest BCUT2D eigenvalue weighted by molar-refractivity contribution is 7.06. The molecular weight excluding hydrogens is 340 g/mol. The summed E-state index contributed by atoms with van der Waals surface area (Å²) in [7, 11) is -1.69. The lowest BCUT2D eigenvalue weighted by molar-refractivity contribution is 0.953. The van der Waals surface area contributed by atoms with E-state index in [2.05, 4.69) is 75.5 Å². The Morgan fingerprint density at radius 1 is 0.630 bits per heavy atom. The van der Waals surface area contributed by atoms with Crippen LogP contribution in [0.2, 0.25) is 13.1 Å². The maximum absolute atomic E-state index is 2.61. The van der Waals surface area contributed by atoms with Gasteiger partial charge in [0.15, 0.2) is 0 Å². The van der Waals surface area contributed by atoms with Gasteiger partial charge in [-0.1, -0.05) is 110 Å². The fourth-order valence-electron chi connectivity index (χ4n) is 5.26. The molecule has 0 spiro atoms. The van der Waals surface area contributed by atoms with Crippen molar-refractivity contribution in [3.63, 3.8) is 0 Å². The Morgan fingerprint density at radius 2 is 1.00 bits per heavy atom. The molecule has 27 heavy (non-hydrogen) atoms. The first-order valence-electron chi connectivity index (χ1n) is 10.7. The van der Waals surface area contributed by atoms with Crippen LogP contribution in [0.15, 0.2) is 48.5 Å². The zero-order chi connectivity index (χ0) is 19.0. The number of hydrogen-bond donors (Lipinski definition) is 0. The highest BCUT2D eigenvalue weighted by Gasteiger charge is 2.35. The van der Waals surface area contributed by atoms with Crippen LogP contribution in [0.5, 0.6) is 0 Å². The molecule has 2 aliphatic carbocycles. The van der Waals surface area contributed by atoms with E-state index in [1.807, 2.05) is 0 Å². The Kier molecular flexibility index (Phi) is 4.99. The van der Waals surface area contributed by atoms with E-state index in [-0.39, 0.29) is 0 Å². The van der Waals surface area contributed by atoms with Gasteiger partial charge < -0.3 is 0 Å². The molecule has 0 atom stereocenters. The summed E-state index contributed by atoms with van der Waals surface area (Å²) in [6.45, 7) is 9.83. The molecule has 0 saturated heterocycles. The summed E-state index contributed by atoms with van der Waals surface area (Å²) in [6.07, 6.45) is 7.39. The van der Waals surface area contributed by atoms with Crippen molar-refractivity contribution >= 4 is 29.6 Å². The van der Waals surface area contributed by atoms with Crippen molar-refractivity contribution in [3.8, 4) is 0 Å². The average Bonchev–Trinajstić information content (AvgIpc) is 3.23. The van der Waals surface area contributed by atoms with Crippen LogP contribution in [0.4, 0.5) is 0 Å². The predicted molar refractivity (Wildman–Crippen MR) is 122 cm³/mol. The minimum atomic E-state index is -1.69. The van der Waals surface area contributed by atoms with Crippen LogP contribution in [0.25, 0.3) is 21.5 Å².